The molecular formula is C17H16Cl2N2O2. The van der Waals surface area contributed by atoms with E-state index in [9.17, 15) is 9.59 Å². The van der Waals surface area contributed by atoms with Gasteiger partial charge in [0.15, 0.2) is 0 Å². The van der Waals surface area contributed by atoms with Crippen LogP contribution in [0.2, 0.25) is 10.0 Å². The first kappa shape index (κ1) is 17.3. The summed E-state index contributed by atoms with van der Waals surface area (Å²) in [5.41, 5.74) is 1.42. The quantitative estimate of drug-likeness (QED) is 0.848. The fourth-order valence-electron chi connectivity index (χ4n) is 2.15. The molecule has 0 saturated heterocycles. The Morgan fingerprint density at radius 3 is 2.35 bits per heavy atom. The smallest absolute Gasteiger partial charge is 0.226 e. The van der Waals surface area contributed by atoms with E-state index in [1.807, 2.05) is 6.07 Å². The van der Waals surface area contributed by atoms with Gasteiger partial charge in [0.05, 0.1) is 12.5 Å². The molecule has 2 rings (SSSR count). The third-order valence-corrected chi connectivity index (χ3v) is 3.63. The monoisotopic (exact) mass is 350 g/mol. The van der Waals surface area contributed by atoms with Crippen LogP contribution in [0.5, 0.6) is 0 Å². The molecule has 23 heavy (non-hydrogen) atoms. The van der Waals surface area contributed by atoms with E-state index in [1.165, 1.54) is 6.92 Å². The number of hydrogen-bond acceptors (Lipinski definition) is 2. The van der Waals surface area contributed by atoms with E-state index in [1.54, 1.807) is 42.5 Å². The van der Waals surface area contributed by atoms with E-state index >= 15 is 0 Å². The van der Waals surface area contributed by atoms with Gasteiger partial charge < -0.3 is 10.6 Å². The lowest BCUT2D eigenvalue weighted by Gasteiger charge is -2.18. The van der Waals surface area contributed by atoms with Crippen molar-refractivity contribution >= 4 is 40.7 Å². The molecule has 1 unspecified atom stereocenters. The van der Waals surface area contributed by atoms with Crippen LogP contribution in [0.15, 0.2) is 48.5 Å². The van der Waals surface area contributed by atoms with Crippen LogP contribution in [0.3, 0.4) is 0 Å². The molecule has 0 radical (unpaired) electrons. The standard InChI is InChI=1S/C17H16Cl2N2O2/c1-11(22)20-16(12-3-2-4-14(19)9-12)10-17(23)21-15-7-5-13(18)6-8-15/h2-9,16H,10H2,1H3,(H,20,22)(H,21,23). The molecule has 2 aromatic rings. The van der Waals surface area contributed by atoms with Crippen molar-refractivity contribution in [2.24, 2.45) is 0 Å². The maximum absolute atomic E-state index is 12.2. The van der Waals surface area contributed by atoms with Gasteiger partial charge in [-0.2, -0.15) is 0 Å². The number of halogens is 2. The lowest BCUT2D eigenvalue weighted by molar-refractivity contribution is -0.120. The number of nitrogens with one attached hydrogen (secondary N) is 2. The van der Waals surface area contributed by atoms with E-state index in [-0.39, 0.29) is 18.2 Å². The maximum atomic E-state index is 12.2. The van der Waals surface area contributed by atoms with E-state index in [0.29, 0.717) is 15.7 Å². The van der Waals surface area contributed by atoms with Crippen LogP contribution in [0.1, 0.15) is 24.9 Å². The number of hydrogen-bond donors (Lipinski definition) is 2. The lowest BCUT2D eigenvalue weighted by atomic mass is 10.0. The molecule has 4 nitrogen and oxygen atoms in total. The largest absolute Gasteiger partial charge is 0.349 e. The Kier molecular flexibility index (Phi) is 6.02. The van der Waals surface area contributed by atoms with E-state index in [4.69, 9.17) is 23.2 Å². The van der Waals surface area contributed by atoms with Crippen LogP contribution in [0, 0.1) is 0 Å². The molecule has 0 fully saturated rings. The zero-order valence-corrected chi connectivity index (χ0v) is 14.0. The van der Waals surface area contributed by atoms with Crippen molar-refractivity contribution < 1.29 is 9.59 Å². The molecule has 2 amide bonds. The highest BCUT2D eigenvalue weighted by Crippen LogP contribution is 2.22. The van der Waals surface area contributed by atoms with Crippen molar-refractivity contribution in [2.75, 3.05) is 5.32 Å². The second-order valence-corrected chi connectivity index (χ2v) is 5.94. The first-order chi connectivity index (χ1) is 10.9. The van der Waals surface area contributed by atoms with Gasteiger partial charge in [-0.1, -0.05) is 35.3 Å². The summed E-state index contributed by atoms with van der Waals surface area (Å²) in [5.74, 6) is -0.430. The van der Waals surface area contributed by atoms with Crippen molar-refractivity contribution in [3.8, 4) is 0 Å². The van der Waals surface area contributed by atoms with Gasteiger partial charge in [0.25, 0.3) is 0 Å². The van der Waals surface area contributed by atoms with Gasteiger partial charge in [0, 0.05) is 22.7 Å². The molecule has 0 bridgehead atoms. The summed E-state index contributed by atoms with van der Waals surface area (Å²) in [6, 6.07) is 13.4. The van der Waals surface area contributed by atoms with Crippen LogP contribution in [-0.2, 0) is 9.59 Å². The average molecular weight is 351 g/mol. The SMILES string of the molecule is CC(=O)NC(CC(=O)Nc1ccc(Cl)cc1)c1cccc(Cl)c1. The maximum Gasteiger partial charge on any atom is 0.226 e. The predicted molar refractivity (Wildman–Crippen MR) is 92.7 cm³/mol. The average Bonchev–Trinajstić information content (AvgIpc) is 2.48. The minimum atomic E-state index is -0.446. The first-order valence-corrected chi connectivity index (χ1v) is 7.77. The zero-order valence-electron chi connectivity index (χ0n) is 12.5. The molecule has 0 aliphatic carbocycles. The van der Waals surface area contributed by atoms with E-state index in [2.05, 4.69) is 10.6 Å². The van der Waals surface area contributed by atoms with Crippen LogP contribution in [0.25, 0.3) is 0 Å². The molecule has 120 valence electrons. The molecule has 2 N–H and O–H groups in total. The third-order valence-electron chi connectivity index (χ3n) is 3.15. The van der Waals surface area contributed by atoms with Crippen LogP contribution < -0.4 is 10.6 Å². The van der Waals surface area contributed by atoms with Gasteiger partial charge in [-0.3, -0.25) is 9.59 Å². The van der Waals surface area contributed by atoms with Crippen molar-refractivity contribution in [1.82, 2.24) is 5.32 Å². The van der Waals surface area contributed by atoms with E-state index in [0.717, 1.165) is 5.56 Å². The van der Waals surface area contributed by atoms with Gasteiger partial charge in [-0.25, -0.2) is 0 Å². The van der Waals surface area contributed by atoms with Crippen LogP contribution >= 0.6 is 23.2 Å². The Hall–Kier alpha value is -2.04. The topological polar surface area (TPSA) is 58.2 Å². The second-order valence-electron chi connectivity index (χ2n) is 5.07. The van der Waals surface area contributed by atoms with Crippen molar-refractivity contribution in [2.45, 2.75) is 19.4 Å². The Labute approximate surface area is 144 Å². The highest BCUT2D eigenvalue weighted by Gasteiger charge is 2.17. The molecule has 0 saturated carbocycles. The minimum absolute atomic E-state index is 0.0998. The summed E-state index contributed by atoms with van der Waals surface area (Å²) in [4.78, 5) is 23.6. The summed E-state index contributed by atoms with van der Waals surface area (Å²) >= 11 is 11.8. The summed E-state index contributed by atoms with van der Waals surface area (Å²) < 4.78 is 0. The Morgan fingerprint density at radius 1 is 1.04 bits per heavy atom. The molecule has 0 aliphatic rings. The van der Waals surface area contributed by atoms with Crippen LogP contribution in [-0.4, -0.2) is 11.8 Å². The van der Waals surface area contributed by atoms with Crippen molar-refractivity contribution in [1.29, 1.82) is 0 Å². The fourth-order valence-corrected chi connectivity index (χ4v) is 2.48. The number of anilines is 1. The van der Waals surface area contributed by atoms with Gasteiger partial charge in [-0.15, -0.1) is 0 Å². The van der Waals surface area contributed by atoms with Gasteiger partial charge in [-0.05, 0) is 42.0 Å². The Bertz CT molecular complexity index is 702. The molecule has 1 atom stereocenters. The number of carbonyl (C=O) groups is 2. The molecular weight excluding hydrogens is 335 g/mol. The molecule has 0 heterocycles. The predicted octanol–water partition coefficient (Wildman–Crippen LogP) is 4.20. The highest BCUT2D eigenvalue weighted by atomic mass is 35.5. The number of rotatable bonds is 5. The lowest BCUT2D eigenvalue weighted by Crippen LogP contribution is -2.29. The van der Waals surface area contributed by atoms with Crippen LogP contribution in [0.4, 0.5) is 5.69 Å². The summed E-state index contributed by atoms with van der Waals surface area (Å²) in [6.45, 7) is 1.41. The van der Waals surface area contributed by atoms with Gasteiger partial charge in [0.1, 0.15) is 0 Å². The van der Waals surface area contributed by atoms with Gasteiger partial charge >= 0.3 is 0 Å². The van der Waals surface area contributed by atoms with E-state index < -0.39 is 6.04 Å². The molecule has 0 aromatic heterocycles. The second kappa shape index (κ2) is 7.99. The van der Waals surface area contributed by atoms with Gasteiger partial charge in [0.2, 0.25) is 11.8 Å². The van der Waals surface area contributed by atoms with Crippen molar-refractivity contribution in [3.05, 3.63) is 64.1 Å². The highest BCUT2D eigenvalue weighted by molar-refractivity contribution is 6.30. The normalized spacial score (nSPS) is 11.6. The summed E-state index contributed by atoms with van der Waals surface area (Å²) in [7, 11) is 0. The Morgan fingerprint density at radius 2 is 1.74 bits per heavy atom. The number of amides is 2. The number of carbonyl (C=O) groups excluding carboxylic acids is 2. The van der Waals surface area contributed by atoms with Crippen molar-refractivity contribution in [3.63, 3.8) is 0 Å². The third kappa shape index (κ3) is 5.58. The zero-order chi connectivity index (χ0) is 16.8. The summed E-state index contributed by atoms with van der Waals surface area (Å²) in [6.07, 6.45) is 0.0998. The molecule has 2 aromatic carbocycles. The molecule has 0 aliphatic heterocycles. The fraction of sp³-hybridized carbons (Fsp3) is 0.176. The Balaban J connectivity index is 2.09. The minimum Gasteiger partial charge on any atom is -0.349 e. The molecule has 6 heteroatoms. The molecule has 0 spiro atoms. The summed E-state index contributed by atoms with van der Waals surface area (Å²) in [5, 5.41) is 6.69. The first-order valence-electron chi connectivity index (χ1n) is 7.02. The number of benzene rings is 2.